The Bertz CT molecular complexity index is 654. The predicted molar refractivity (Wildman–Crippen MR) is 103 cm³/mol. The summed E-state index contributed by atoms with van der Waals surface area (Å²) < 4.78 is 7.19. The van der Waals surface area contributed by atoms with Crippen LogP contribution in [0, 0.1) is 12.8 Å². The monoisotopic (exact) mass is 377 g/mol. The molecule has 2 aliphatic rings. The van der Waals surface area contributed by atoms with Crippen molar-refractivity contribution < 1.29 is 14.3 Å². The third-order valence-electron chi connectivity index (χ3n) is 5.24. The maximum Gasteiger partial charge on any atom is 0.323 e. The molecule has 1 aromatic rings. The minimum Gasteiger partial charge on any atom is -0.378 e. The van der Waals surface area contributed by atoms with Crippen molar-refractivity contribution in [3.63, 3.8) is 0 Å². The van der Waals surface area contributed by atoms with E-state index in [1.165, 1.54) is 0 Å². The maximum atomic E-state index is 12.8. The molecule has 3 heterocycles. The first-order chi connectivity index (χ1) is 13.1. The second-order valence-corrected chi connectivity index (χ2v) is 7.40. The SMILES string of the molecule is CCCCn1nc(C)cc1NC(=O)N1CCC[C@H](C(=O)N2CCOCC2)C1. The summed E-state index contributed by atoms with van der Waals surface area (Å²) in [4.78, 5) is 29.2. The van der Waals surface area contributed by atoms with Gasteiger partial charge in [0.05, 0.1) is 24.8 Å². The number of nitrogens with zero attached hydrogens (tertiary/aromatic N) is 4. The van der Waals surface area contributed by atoms with Gasteiger partial charge in [-0.15, -0.1) is 0 Å². The second-order valence-electron chi connectivity index (χ2n) is 7.40. The Hall–Kier alpha value is -2.09. The molecule has 2 fully saturated rings. The summed E-state index contributed by atoms with van der Waals surface area (Å²) in [6.45, 7) is 8.51. The predicted octanol–water partition coefficient (Wildman–Crippen LogP) is 2.09. The molecule has 1 aromatic heterocycles. The van der Waals surface area contributed by atoms with Crippen molar-refractivity contribution in [2.75, 3.05) is 44.7 Å². The van der Waals surface area contributed by atoms with E-state index in [9.17, 15) is 9.59 Å². The first kappa shape index (κ1) is 19.7. The number of nitrogens with one attached hydrogen (secondary N) is 1. The van der Waals surface area contributed by atoms with Crippen molar-refractivity contribution in [1.29, 1.82) is 0 Å². The van der Waals surface area contributed by atoms with Gasteiger partial charge in [0, 0.05) is 38.8 Å². The smallest absolute Gasteiger partial charge is 0.323 e. The highest BCUT2D eigenvalue weighted by molar-refractivity contribution is 5.89. The van der Waals surface area contributed by atoms with Crippen LogP contribution in [0.3, 0.4) is 0 Å². The number of urea groups is 1. The zero-order chi connectivity index (χ0) is 19.2. The van der Waals surface area contributed by atoms with E-state index >= 15 is 0 Å². The van der Waals surface area contributed by atoms with Crippen molar-refractivity contribution in [3.05, 3.63) is 11.8 Å². The fourth-order valence-electron chi connectivity index (χ4n) is 3.72. The number of carbonyl (C=O) groups excluding carboxylic acids is 2. The van der Waals surface area contributed by atoms with E-state index in [2.05, 4.69) is 17.3 Å². The number of aromatic nitrogens is 2. The molecule has 0 spiro atoms. The van der Waals surface area contributed by atoms with Crippen LogP contribution < -0.4 is 5.32 Å². The molecule has 1 atom stereocenters. The van der Waals surface area contributed by atoms with Gasteiger partial charge in [-0.1, -0.05) is 13.3 Å². The van der Waals surface area contributed by atoms with Crippen LogP contribution >= 0.6 is 0 Å². The molecule has 3 rings (SSSR count). The van der Waals surface area contributed by atoms with E-state index in [1.54, 1.807) is 4.90 Å². The van der Waals surface area contributed by atoms with E-state index in [4.69, 9.17) is 4.74 Å². The number of aryl methyl sites for hydroxylation is 2. The van der Waals surface area contributed by atoms with Gasteiger partial charge in [0.2, 0.25) is 5.91 Å². The Morgan fingerprint density at radius 3 is 2.78 bits per heavy atom. The molecule has 150 valence electrons. The summed E-state index contributed by atoms with van der Waals surface area (Å²) in [5.41, 5.74) is 0.889. The molecule has 0 radical (unpaired) electrons. The van der Waals surface area contributed by atoms with Gasteiger partial charge in [0.1, 0.15) is 5.82 Å². The van der Waals surface area contributed by atoms with E-state index in [0.717, 1.165) is 43.7 Å². The number of ether oxygens (including phenoxy) is 1. The van der Waals surface area contributed by atoms with Gasteiger partial charge in [-0.2, -0.15) is 5.10 Å². The lowest BCUT2D eigenvalue weighted by Crippen LogP contribution is -2.50. The van der Waals surface area contributed by atoms with E-state index in [0.29, 0.717) is 39.4 Å². The Kier molecular flexibility index (Phi) is 6.71. The van der Waals surface area contributed by atoms with Crippen molar-refractivity contribution in [3.8, 4) is 0 Å². The van der Waals surface area contributed by atoms with Gasteiger partial charge in [0.15, 0.2) is 0 Å². The van der Waals surface area contributed by atoms with Gasteiger partial charge in [-0.25, -0.2) is 9.48 Å². The molecule has 8 heteroatoms. The quantitative estimate of drug-likeness (QED) is 0.852. The average molecular weight is 377 g/mol. The van der Waals surface area contributed by atoms with Crippen LogP contribution in [0.25, 0.3) is 0 Å². The molecule has 3 amide bonds. The number of carbonyl (C=O) groups is 2. The number of likely N-dealkylation sites (tertiary alicyclic amines) is 1. The highest BCUT2D eigenvalue weighted by atomic mass is 16.5. The van der Waals surface area contributed by atoms with E-state index < -0.39 is 0 Å². The number of amides is 3. The minimum atomic E-state index is -0.146. The summed E-state index contributed by atoms with van der Waals surface area (Å²) in [5, 5.41) is 7.45. The van der Waals surface area contributed by atoms with E-state index in [-0.39, 0.29) is 17.9 Å². The van der Waals surface area contributed by atoms with Crippen LogP contribution in [-0.4, -0.2) is 70.9 Å². The van der Waals surface area contributed by atoms with Gasteiger partial charge in [-0.3, -0.25) is 10.1 Å². The minimum absolute atomic E-state index is 0.116. The lowest BCUT2D eigenvalue weighted by atomic mass is 9.96. The topological polar surface area (TPSA) is 79.7 Å². The van der Waals surface area contributed by atoms with Gasteiger partial charge in [0.25, 0.3) is 0 Å². The average Bonchev–Trinajstić information content (AvgIpc) is 3.05. The molecule has 2 saturated heterocycles. The largest absolute Gasteiger partial charge is 0.378 e. The number of piperidine rings is 1. The summed E-state index contributed by atoms with van der Waals surface area (Å²) in [6, 6.07) is 1.75. The molecular formula is C19H31N5O3. The summed E-state index contributed by atoms with van der Waals surface area (Å²) in [7, 11) is 0. The zero-order valence-electron chi connectivity index (χ0n) is 16.4. The van der Waals surface area contributed by atoms with Crippen molar-refractivity contribution in [2.45, 2.75) is 46.1 Å². The second kappa shape index (κ2) is 9.21. The third-order valence-corrected chi connectivity index (χ3v) is 5.24. The Labute approximate surface area is 160 Å². The molecule has 0 aliphatic carbocycles. The van der Waals surface area contributed by atoms with Gasteiger partial charge < -0.3 is 14.5 Å². The number of anilines is 1. The molecule has 0 saturated carbocycles. The van der Waals surface area contributed by atoms with Crippen LogP contribution in [0.4, 0.5) is 10.6 Å². The van der Waals surface area contributed by atoms with Gasteiger partial charge >= 0.3 is 6.03 Å². The molecular weight excluding hydrogens is 346 g/mol. The van der Waals surface area contributed by atoms with Crippen molar-refractivity contribution in [1.82, 2.24) is 19.6 Å². The fraction of sp³-hybridized carbons (Fsp3) is 0.737. The number of hydrogen-bond donors (Lipinski definition) is 1. The highest BCUT2D eigenvalue weighted by Gasteiger charge is 2.32. The van der Waals surface area contributed by atoms with Crippen LogP contribution in [0.15, 0.2) is 6.07 Å². The lowest BCUT2D eigenvalue weighted by Gasteiger charge is -2.36. The van der Waals surface area contributed by atoms with Crippen molar-refractivity contribution in [2.24, 2.45) is 5.92 Å². The first-order valence-corrected chi connectivity index (χ1v) is 10.1. The van der Waals surface area contributed by atoms with Crippen LogP contribution in [0.5, 0.6) is 0 Å². The maximum absolute atomic E-state index is 12.8. The normalized spacial score (nSPS) is 20.6. The zero-order valence-corrected chi connectivity index (χ0v) is 16.4. The number of unbranched alkanes of at least 4 members (excludes halogenated alkanes) is 1. The summed E-state index contributed by atoms with van der Waals surface area (Å²) in [5.74, 6) is 0.765. The number of hydrogen-bond acceptors (Lipinski definition) is 4. The molecule has 2 aliphatic heterocycles. The number of rotatable bonds is 5. The molecule has 0 bridgehead atoms. The standard InChI is InChI=1S/C19H31N5O3/c1-3-4-8-24-17(13-15(2)21-24)20-19(26)23-7-5-6-16(14-23)18(25)22-9-11-27-12-10-22/h13,16H,3-12,14H2,1-2H3,(H,20,26)/t16-/m0/s1. The molecule has 27 heavy (non-hydrogen) atoms. The summed E-state index contributed by atoms with van der Waals surface area (Å²) >= 11 is 0. The third kappa shape index (κ3) is 5.00. The van der Waals surface area contributed by atoms with Crippen molar-refractivity contribution >= 4 is 17.8 Å². The molecule has 0 unspecified atom stereocenters. The highest BCUT2D eigenvalue weighted by Crippen LogP contribution is 2.21. The number of morpholine rings is 1. The Morgan fingerprint density at radius 1 is 1.26 bits per heavy atom. The van der Waals surface area contributed by atoms with Gasteiger partial charge in [-0.05, 0) is 26.2 Å². The van der Waals surface area contributed by atoms with Crippen LogP contribution in [0.1, 0.15) is 38.3 Å². The first-order valence-electron chi connectivity index (χ1n) is 10.1. The Balaban J connectivity index is 1.59. The molecule has 1 N–H and O–H groups in total. The van der Waals surface area contributed by atoms with Crippen LogP contribution in [-0.2, 0) is 16.1 Å². The Morgan fingerprint density at radius 2 is 2.04 bits per heavy atom. The molecule has 0 aromatic carbocycles. The summed E-state index contributed by atoms with van der Waals surface area (Å²) in [6.07, 6.45) is 3.78. The lowest BCUT2D eigenvalue weighted by molar-refractivity contribution is -0.141. The fourth-order valence-corrected chi connectivity index (χ4v) is 3.72. The molecule has 8 nitrogen and oxygen atoms in total. The van der Waals surface area contributed by atoms with E-state index in [1.807, 2.05) is 22.6 Å². The van der Waals surface area contributed by atoms with Crippen LogP contribution in [0.2, 0.25) is 0 Å².